The van der Waals surface area contributed by atoms with Crippen LogP contribution in [0.3, 0.4) is 0 Å². The van der Waals surface area contributed by atoms with E-state index in [0.717, 1.165) is 6.42 Å². The molecular weight excluding hydrogens is 317 g/mol. The summed E-state index contributed by atoms with van der Waals surface area (Å²) in [5.41, 5.74) is 0. The maximum absolute atomic E-state index is 8.56. The fourth-order valence-electron chi connectivity index (χ4n) is 0.340. The van der Waals surface area contributed by atoms with Crippen molar-refractivity contribution >= 4 is 12.3 Å². The molecule has 0 aromatic carbocycles. The maximum Gasteiger partial charge on any atom is 2.00 e. The molecule has 17 heavy (non-hydrogen) atoms. The third-order valence-corrected chi connectivity index (χ3v) is 0.586. The number of carbonyl (C=O) groups is 2. The molecule has 0 amide bonds. The summed E-state index contributed by atoms with van der Waals surface area (Å²) >= 11 is 0. The standard InChI is InChI=1S/C5H5.C3H5.2CH2O3.Ru/c1-2-4-5-3-1;1-3-2;2*2-1(3)4;/h1-3H,4H2;3H,1-2H2;2*(H2,2,3,4);/q2*-1;;;+2. The Morgan fingerprint density at radius 2 is 1.53 bits per heavy atom. The van der Waals surface area contributed by atoms with Crippen LogP contribution >= 0.6 is 0 Å². The van der Waals surface area contributed by atoms with Crippen molar-refractivity contribution in [2.45, 2.75) is 6.42 Å². The van der Waals surface area contributed by atoms with Gasteiger partial charge in [-0.25, -0.2) is 41.3 Å². The molecule has 0 radical (unpaired) electrons. The van der Waals surface area contributed by atoms with Gasteiger partial charge in [0, 0.05) is 0 Å². The molecule has 0 spiro atoms. The Morgan fingerprint density at radius 3 is 1.59 bits per heavy atom. The van der Waals surface area contributed by atoms with Crippen LogP contribution in [-0.2, 0) is 19.5 Å². The van der Waals surface area contributed by atoms with Gasteiger partial charge in [0.2, 0.25) is 0 Å². The van der Waals surface area contributed by atoms with Gasteiger partial charge in [0.05, 0.1) is 0 Å². The van der Waals surface area contributed by atoms with E-state index in [1.54, 1.807) is 0 Å². The average molecular weight is 331 g/mol. The number of allylic oxidation sites excluding steroid dienone is 5. The van der Waals surface area contributed by atoms with Crippen molar-refractivity contribution in [2.75, 3.05) is 0 Å². The zero-order chi connectivity index (χ0) is 13.4. The van der Waals surface area contributed by atoms with Crippen molar-refractivity contribution in [2.24, 2.45) is 0 Å². The molecule has 0 unspecified atom stereocenters. The van der Waals surface area contributed by atoms with Gasteiger partial charge in [-0.3, -0.25) is 6.08 Å². The first-order valence-electron chi connectivity index (χ1n) is 3.84. The van der Waals surface area contributed by atoms with Gasteiger partial charge in [-0.15, -0.1) is 6.42 Å². The minimum atomic E-state index is -1.83. The van der Waals surface area contributed by atoms with Crippen LogP contribution in [0.25, 0.3) is 0 Å². The number of carboxylic acid groups (broad SMARTS) is 4. The first-order chi connectivity index (χ1) is 7.38. The molecule has 0 saturated heterocycles. The van der Waals surface area contributed by atoms with E-state index in [-0.39, 0.29) is 19.5 Å². The molecule has 4 N–H and O–H groups in total. The molecule has 7 heteroatoms. The van der Waals surface area contributed by atoms with E-state index in [1.165, 1.54) is 6.08 Å². The van der Waals surface area contributed by atoms with Crippen LogP contribution in [0.1, 0.15) is 6.42 Å². The van der Waals surface area contributed by atoms with Crippen molar-refractivity contribution in [1.82, 2.24) is 0 Å². The van der Waals surface area contributed by atoms with Crippen LogP contribution in [-0.4, -0.2) is 32.7 Å². The molecule has 6 nitrogen and oxygen atoms in total. The van der Waals surface area contributed by atoms with Crippen LogP contribution in [0.4, 0.5) is 9.59 Å². The van der Waals surface area contributed by atoms with Gasteiger partial charge >= 0.3 is 31.8 Å². The molecule has 0 saturated carbocycles. The summed E-state index contributed by atoms with van der Waals surface area (Å²) < 4.78 is 0. The largest absolute Gasteiger partial charge is 2.00 e. The molecule has 0 aromatic heterocycles. The van der Waals surface area contributed by atoms with E-state index in [1.807, 2.05) is 12.2 Å². The molecule has 1 aliphatic rings. The Bertz CT molecular complexity index is 217. The molecule has 0 heterocycles. The van der Waals surface area contributed by atoms with Gasteiger partial charge < -0.3 is 20.4 Å². The molecule has 1 rings (SSSR count). The summed E-state index contributed by atoms with van der Waals surface area (Å²) in [7, 11) is 0. The monoisotopic (exact) mass is 332 g/mol. The van der Waals surface area contributed by atoms with Gasteiger partial charge in [-0.2, -0.15) is 6.08 Å². The molecule has 0 aliphatic heterocycles. The second-order valence-corrected chi connectivity index (χ2v) is 1.86. The van der Waals surface area contributed by atoms with Gasteiger partial charge in [0.15, 0.2) is 0 Å². The van der Waals surface area contributed by atoms with E-state index in [0.29, 0.717) is 0 Å². The number of hydrogen-bond acceptors (Lipinski definition) is 2. The van der Waals surface area contributed by atoms with Crippen molar-refractivity contribution in [1.29, 1.82) is 0 Å². The molecule has 1 aliphatic carbocycles. The van der Waals surface area contributed by atoms with Gasteiger partial charge in [-0.05, 0) is 0 Å². The normalized spacial score (nSPS) is 8.71. The summed E-state index contributed by atoms with van der Waals surface area (Å²) in [6.45, 7) is 6.50. The summed E-state index contributed by atoms with van der Waals surface area (Å²) in [6, 6.07) is 0. The summed E-state index contributed by atoms with van der Waals surface area (Å²) in [5.74, 6) is 0. The predicted molar refractivity (Wildman–Crippen MR) is 58.4 cm³/mol. The van der Waals surface area contributed by atoms with Crippen molar-refractivity contribution in [3.8, 4) is 0 Å². The molecule has 98 valence electrons. The van der Waals surface area contributed by atoms with Crippen LogP contribution in [0.2, 0.25) is 0 Å². The Kier molecular flexibility index (Phi) is 34.3. The number of hydrogen-bond donors (Lipinski definition) is 4. The van der Waals surface area contributed by atoms with Crippen LogP contribution in [0, 0.1) is 13.0 Å². The second kappa shape index (κ2) is 23.8. The van der Waals surface area contributed by atoms with Crippen molar-refractivity contribution in [3.63, 3.8) is 0 Å². The van der Waals surface area contributed by atoms with Gasteiger partial charge in [0.1, 0.15) is 0 Å². The SMILES string of the molecule is C=C[CH2-].O=C(O)O.O=C(O)O.[C-]1=CC=CC1.[Ru+2]. The third kappa shape index (κ3) is 202. The summed E-state index contributed by atoms with van der Waals surface area (Å²) in [6.07, 6.45) is 7.83. The second-order valence-electron chi connectivity index (χ2n) is 1.86. The van der Waals surface area contributed by atoms with Gasteiger partial charge in [0.25, 0.3) is 0 Å². The van der Waals surface area contributed by atoms with Gasteiger partial charge in [-0.1, -0.05) is 0 Å². The minimum Gasteiger partial charge on any atom is -0.450 e. The van der Waals surface area contributed by atoms with E-state index in [2.05, 4.69) is 25.7 Å². The van der Waals surface area contributed by atoms with Crippen molar-refractivity contribution in [3.05, 3.63) is 43.9 Å². The first-order valence-corrected chi connectivity index (χ1v) is 3.84. The Labute approximate surface area is 112 Å². The molecule has 0 aromatic rings. The Hall–Kier alpha value is -1.75. The summed E-state index contributed by atoms with van der Waals surface area (Å²) in [4.78, 5) is 17.1. The first kappa shape index (κ1) is 24.5. The van der Waals surface area contributed by atoms with E-state index >= 15 is 0 Å². The topological polar surface area (TPSA) is 115 Å². The Morgan fingerprint density at radius 1 is 1.24 bits per heavy atom. The van der Waals surface area contributed by atoms with Crippen LogP contribution < -0.4 is 0 Å². The van der Waals surface area contributed by atoms with Crippen LogP contribution in [0.15, 0.2) is 30.9 Å². The third-order valence-electron chi connectivity index (χ3n) is 0.586. The smallest absolute Gasteiger partial charge is 0.450 e. The van der Waals surface area contributed by atoms with E-state index < -0.39 is 12.3 Å². The fourth-order valence-corrected chi connectivity index (χ4v) is 0.340. The molecule has 0 atom stereocenters. The molecular formula is C10H14O6Ru. The quantitative estimate of drug-likeness (QED) is 0.401. The zero-order valence-corrected chi connectivity index (χ0v) is 10.6. The minimum absolute atomic E-state index is 0. The summed E-state index contributed by atoms with van der Waals surface area (Å²) in [5, 5.41) is 27.9. The predicted octanol–water partition coefficient (Wildman–Crippen LogP) is 2.75. The van der Waals surface area contributed by atoms with E-state index in [4.69, 9.17) is 30.0 Å². The zero-order valence-electron chi connectivity index (χ0n) is 8.89. The molecule has 0 fully saturated rings. The van der Waals surface area contributed by atoms with Crippen LogP contribution in [0.5, 0.6) is 0 Å². The Balaban J connectivity index is -0.0000000664. The fraction of sp³-hybridized carbons (Fsp3) is 0.100. The van der Waals surface area contributed by atoms with E-state index in [9.17, 15) is 0 Å². The molecule has 0 bridgehead atoms. The number of rotatable bonds is 0. The van der Waals surface area contributed by atoms with Crippen molar-refractivity contribution < 1.29 is 49.5 Å². The maximum atomic E-state index is 8.56. The average Bonchev–Trinajstić information content (AvgIpc) is 2.57.